The van der Waals surface area contributed by atoms with Gasteiger partial charge in [0.25, 0.3) is 0 Å². The number of rotatable bonds is 14. The Kier molecular flexibility index (Phi) is 12.0. The van der Waals surface area contributed by atoms with Gasteiger partial charge in [0.15, 0.2) is 0 Å². The topological polar surface area (TPSA) is 68.8 Å². The van der Waals surface area contributed by atoms with Crippen molar-refractivity contribution in [1.29, 1.82) is 0 Å². The van der Waals surface area contributed by atoms with Gasteiger partial charge in [-0.2, -0.15) is 0 Å². The number of carbonyl (C=O) groups is 1. The molecule has 0 saturated heterocycles. The Morgan fingerprint density at radius 2 is 1.46 bits per heavy atom. The molecule has 0 fully saturated rings. The van der Waals surface area contributed by atoms with E-state index in [1.54, 1.807) is 0 Å². The fraction of sp³-hybridized carbons (Fsp3) is 0.632. The molecule has 0 heterocycles. The van der Waals surface area contributed by atoms with Gasteiger partial charge in [-0.1, -0.05) is 30.3 Å². The Hall–Kier alpha value is -1.41. The van der Waals surface area contributed by atoms with E-state index in [0.717, 1.165) is 25.3 Å². The molecule has 6 nitrogen and oxygen atoms in total. The number of hydrogen-bond acceptors (Lipinski definition) is 4. The third kappa shape index (κ3) is 9.33. The molecule has 0 aliphatic rings. The van der Waals surface area contributed by atoms with E-state index in [1.165, 1.54) is 5.56 Å². The zero-order valence-corrected chi connectivity index (χ0v) is 17.4. The zero-order chi connectivity index (χ0) is 19.1. The SMILES string of the molecule is CCO[Si](CCCCNC(=O)NCCc1ccccc1)(OCC)OCC. The second-order valence-electron chi connectivity index (χ2n) is 5.86. The predicted molar refractivity (Wildman–Crippen MR) is 106 cm³/mol. The summed E-state index contributed by atoms with van der Waals surface area (Å²) in [7, 11) is -2.56. The number of amides is 2. The number of urea groups is 1. The van der Waals surface area contributed by atoms with Gasteiger partial charge in [0.05, 0.1) is 0 Å². The van der Waals surface area contributed by atoms with Crippen LogP contribution in [0.15, 0.2) is 30.3 Å². The van der Waals surface area contributed by atoms with Crippen LogP contribution >= 0.6 is 0 Å². The highest BCUT2D eigenvalue weighted by Gasteiger charge is 2.39. The summed E-state index contributed by atoms with van der Waals surface area (Å²) in [5.41, 5.74) is 1.22. The van der Waals surface area contributed by atoms with Crippen LogP contribution in [0, 0.1) is 0 Å². The van der Waals surface area contributed by atoms with E-state index in [2.05, 4.69) is 22.8 Å². The maximum absolute atomic E-state index is 11.8. The molecule has 1 aromatic carbocycles. The predicted octanol–water partition coefficient (Wildman–Crippen LogP) is 3.36. The summed E-state index contributed by atoms with van der Waals surface area (Å²) in [5.74, 6) is 0. The minimum Gasteiger partial charge on any atom is -0.374 e. The van der Waals surface area contributed by atoms with Gasteiger partial charge in [0.1, 0.15) is 0 Å². The van der Waals surface area contributed by atoms with E-state index < -0.39 is 8.80 Å². The standard InChI is InChI=1S/C19H34N2O4Si/c1-4-23-26(24-5-2,25-6-3)17-11-10-15-20-19(22)21-16-14-18-12-8-7-9-13-18/h7-9,12-13H,4-6,10-11,14-17H2,1-3H3,(H2,20,21,22). The molecule has 0 unspecified atom stereocenters. The summed E-state index contributed by atoms with van der Waals surface area (Å²) in [6, 6.07) is 10.8. The molecule has 0 spiro atoms. The second-order valence-corrected chi connectivity index (χ2v) is 8.59. The monoisotopic (exact) mass is 382 g/mol. The van der Waals surface area contributed by atoms with Crippen molar-refractivity contribution in [2.75, 3.05) is 32.9 Å². The largest absolute Gasteiger partial charge is 0.500 e. The normalized spacial score (nSPS) is 11.3. The van der Waals surface area contributed by atoms with Crippen molar-refractivity contribution < 1.29 is 18.1 Å². The minimum absolute atomic E-state index is 0.121. The number of carbonyl (C=O) groups excluding carboxylic acids is 1. The van der Waals surface area contributed by atoms with Crippen LogP contribution in [0.4, 0.5) is 4.79 Å². The first-order chi connectivity index (χ1) is 12.7. The molecular formula is C19H34N2O4Si. The first kappa shape index (κ1) is 22.6. The van der Waals surface area contributed by atoms with E-state index in [9.17, 15) is 4.79 Å². The van der Waals surface area contributed by atoms with Crippen LogP contribution in [-0.2, 0) is 19.7 Å². The van der Waals surface area contributed by atoms with Crippen LogP contribution < -0.4 is 10.6 Å². The minimum atomic E-state index is -2.56. The summed E-state index contributed by atoms with van der Waals surface area (Å²) in [6.07, 6.45) is 2.60. The molecular weight excluding hydrogens is 348 g/mol. The molecule has 2 amide bonds. The molecule has 1 rings (SSSR count). The highest BCUT2D eigenvalue weighted by Crippen LogP contribution is 2.19. The molecule has 0 saturated carbocycles. The molecule has 0 radical (unpaired) electrons. The first-order valence-electron chi connectivity index (χ1n) is 9.63. The summed E-state index contributed by atoms with van der Waals surface area (Å²) in [4.78, 5) is 11.8. The Labute approximate surface area is 159 Å². The van der Waals surface area contributed by atoms with Crippen molar-refractivity contribution in [3.63, 3.8) is 0 Å². The highest BCUT2D eigenvalue weighted by molar-refractivity contribution is 6.60. The van der Waals surface area contributed by atoms with Gasteiger partial charge in [0.2, 0.25) is 0 Å². The zero-order valence-electron chi connectivity index (χ0n) is 16.4. The lowest BCUT2D eigenvalue weighted by Gasteiger charge is -2.28. The van der Waals surface area contributed by atoms with E-state index >= 15 is 0 Å². The lowest BCUT2D eigenvalue weighted by atomic mass is 10.1. The fourth-order valence-corrected chi connectivity index (χ4v) is 5.38. The van der Waals surface area contributed by atoms with Crippen LogP contribution in [0.3, 0.4) is 0 Å². The highest BCUT2D eigenvalue weighted by atomic mass is 28.4. The van der Waals surface area contributed by atoms with E-state index in [1.807, 2.05) is 39.0 Å². The molecule has 0 aromatic heterocycles. The van der Waals surface area contributed by atoms with Crippen molar-refractivity contribution in [3.8, 4) is 0 Å². The van der Waals surface area contributed by atoms with Gasteiger partial charge in [-0.3, -0.25) is 0 Å². The molecule has 1 aromatic rings. The van der Waals surface area contributed by atoms with E-state index in [4.69, 9.17) is 13.3 Å². The number of unbranched alkanes of at least 4 members (excludes halogenated alkanes) is 1. The van der Waals surface area contributed by atoms with Crippen molar-refractivity contribution >= 4 is 14.8 Å². The third-order valence-corrected chi connectivity index (χ3v) is 6.98. The van der Waals surface area contributed by atoms with E-state index in [-0.39, 0.29) is 6.03 Å². The lowest BCUT2D eigenvalue weighted by Crippen LogP contribution is -2.46. The lowest BCUT2D eigenvalue weighted by molar-refractivity contribution is 0.0707. The maximum Gasteiger partial charge on any atom is 0.500 e. The molecule has 0 atom stereocenters. The average molecular weight is 383 g/mol. The van der Waals surface area contributed by atoms with Crippen LogP contribution in [-0.4, -0.2) is 47.7 Å². The maximum atomic E-state index is 11.8. The van der Waals surface area contributed by atoms with Gasteiger partial charge in [0, 0.05) is 39.0 Å². The van der Waals surface area contributed by atoms with Crippen molar-refractivity contribution in [2.45, 2.75) is 46.1 Å². The van der Waals surface area contributed by atoms with Gasteiger partial charge in [-0.25, -0.2) is 4.79 Å². The van der Waals surface area contributed by atoms with Gasteiger partial charge in [-0.15, -0.1) is 0 Å². The Morgan fingerprint density at radius 3 is 2.04 bits per heavy atom. The molecule has 0 bridgehead atoms. The second kappa shape index (κ2) is 13.7. The number of nitrogens with one attached hydrogen (secondary N) is 2. The first-order valence-corrected chi connectivity index (χ1v) is 11.6. The Morgan fingerprint density at radius 1 is 0.885 bits per heavy atom. The Balaban J connectivity index is 2.18. The summed E-state index contributed by atoms with van der Waals surface area (Å²) < 4.78 is 17.5. The van der Waals surface area contributed by atoms with Gasteiger partial charge in [-0.05, 0) is 45.6 Å². The molecule has 7 heteroatoms. The van der Waals surface area contributed by atoms with Gasteiger partial charge < -0.3 is 23.9 Å². The van der Waals surface area contributed by atoms with E-state index in [0.29, 0.717) is 32.9 Å². The molecule has 26 heavy (non-hydrogen) atoms. The number of benzene rings is 1. The summed E-state index contributed by atoms with van der Waals surface area (Å²) >= 11 is 0. The summed E-state index contributed by atoms with van der Waals surface area (Å²) in [5, 5.41) is 5.78. The fourth-order valence-electron chi connectivity index (χ4n) is 2.70. The molecule has 0 aliphatic carbocycles. The molecule has 148 valence electrons. The van der Waals surface area contributed by atoms with Crippen LogP contribution in [0.25, 0.3) is 0 Å². The quantitative estimate of drug-likeness (QED) is 0.382. The molecule has 0 aliphatic heterocycles. The van der Waals surface area contributed by atoms with Gasteiger partial charge >= 0.3 is 14.8 Å². The van der Waals surface area contributed by atoms with Crippen molar-refractivity contribution in [1.82, 2.24) is 10.6 Å². The van der Waals surface area contributed by atoms with Crippen LogP contribution in [0.1, 0.15) is 39.2 Å². The molecule has 2 N–H and O–H groups in total. The van der Waals surface area contributed by atoms with Crippen molar-refractivity contribution in [2.24, 2.45) is 0 Å². The van der Waals surface area contributed by atoms with Crippen LogP contribution in [0.2, 0.25) is 6.04 Å². The summed E-state index contributed by atoms with van der Waals surface area (Å²) in [6.45, 7) is 8.91. The number of hydrogen-bond donors (Lipinski definition) is 2. The average Bonchev–Trinajstić information content (AvgIpc) is 2.63. The Bertz CT molecular complexity index is 471. The third-order valence-electron chi connectivity index (χ3n) is 3.83. The smallest absolute Gasteiger partial charge is 0.374 e. The van der Waals surface area contributed by atoms with Crippen LogP contribution in [0.5, 0.6) is 0 Å². The van der Waals surface area contributed by atoms with Crippen molar-refractivity contribution in [3.05, 3.63) is 35.9 Å².